The molecule has 0 aliphatic heterocycles. The third kappa shape index (κ3) is 4.28. The van der Waals surface area contributed by atoms with Crippen molar-refractivity contribution in [3.05, 3.63) is 29.8 Å². The molecule has 1 aromatic carbocycles. The molecule has 1 aromatic rings. The van der Waals surface area contributed by atoms with E-state index in [1.54, 1.807) is 0 Å². The standard InChI is InChI=1S/C14H20N2O5S/c1-4-9-16(10-13(17)18)14(19)11-5-7-12(8-6-11)22(20,21)15(2)3/h5-8H,4,9-10H2,1-3H3,(H,17,18). The largest absolute Gasteiger partial charge is 0.480 e. The number of carboxylic acid groups (broad SMARTS) is 1. The van der Waals surface area contributed by atoms with Crippen LogP contribution < -0.4 is 0 Å². The van der Waals surface area contributed by atoms with E-state index in [-0.39, 0.29) is 17.0 Å². The second kappa shape index (κ2) is 7.37. The van der Waals surface area contributed by atoms with E-state index in [0.29, 0.717) is 13.0 Å². The molecule has 22 heavy (non-hydrogen) atoms. The average Bonchev–Trinajstić information content (AvgIpc) is 2.45. The van der Waals surface area contributed by atoms with Gasteiger partial charge in [-0.05, 0) is 30.7 Å². The van der Waals surface area contributed by atoms with Crippen LogP contribution in [-0.2, 0) is 14.8 Å². The zero-order chi connectivity index (χ0) is 16.9. The first kappa shape index (κ1) is 18.1. The molecule has 0 spiro atoms. The summed E-state index contributed by atoms with van der Waals surface area (Å²) in [6, 6.07) is 5.47. The highest BCUT2D eigenvalue weighted by molar-refractivity contribution is 7.89. The number of nitrogens with zero attached hydrogens (tertiary/aromatic N) is 2. The summed E-state index contributed by atoms with van der Waals surface area (Å²) >= 11 is 0. The molecule has 122 valence electrons. The lowest BCUT2D eigenvalue weighted by Gasteiger charge is -2.20. The van der Waals surface area contributed by atoms with Gasteiger partial charge in [0.05, 0.1) is 4.90 Å². The maximum Gasteiger partial charge on any atom is 0.323 e. The van der Waals surface area contributed by atoms with Crippen molar-refractivity contribution in [2.45, 2.75) is 18.2 Å². The molecule has 0 aromatic heterocycles. The van der Waals surface area contributed by atoms with Gasteiger partial charge in [0.1, 0.15) is 6.54 Å². The van der Waals surface area contributed by atoms with Crippen LogP contribution in [0.3, 0.4) is 0 Å². The van der Waals surface area contributed by atoms with Crippen LogP contribution in [0, 0.1) is 0 Å². The van der Waals surface area contributed by atoms with Crippen LogP contribution in [0.2, 0.25) is 0 Å². The SMILES string of the molecule is CCCN(CC(=O)O)C(=O)c1ccc(S(=O)(=O)N(C)C)cc1. The molecule has 0 bridgehead atoms. The number of benzene rings is 1. The Kier molecular flexibility index (Phi) is 6.07. The molecule has 0 saturated carbocycles. The minimum Gasteiger partial charge on any atom is -0.480 e. The van der Waals surface area contributed by atoms with E-state index >= 15 is 0 Å². The summed E-state index contributed by atoms with van der Waals surface area (Å²) in [4.78, 5) is 24.4. The van der Waals surface area contributed by atoms with Crippen molar-refractivity contribution < 1.29 is 23.1 Å². The maximum absolute atomic E-state index is 12.3. The summed E-state index contributed by atoms with van der Waals surface area (Å²) < 4.78 is 25.0. The molecular weight excluding hydrogens is 308 g/mol. The molecule has 7 nitrogen and oxygen atoms in total. The van der Waals surface area contributed by atoms with Gasteiger partial charge in [-0.3, -0.25) is 9.59 Å². The number of rotatable bonds is 7. The molecule has 1 rings (SSSR count). The Labute approximate surface area is 130 Å². The Balaban J connectivity index is 3.02. The molecule has 1 amide bonds. The number of carbonyl (C=O) groups is 2. The zero-order valence-electron chi connectivity index (χ0n) is 12.8. The van der Waals surface area contributed by atoms with Gasteiger partial charge in [0, 0.05) is 26.2 Å². The second-order valence-electron chi connectivity index (χ2n) is 4.93. The van der Waals surface area contributed by atoms with Crippen LogP contribution in [0.5, 0.6) is 0 Å². The van der Waals surface area contributed by atoms with E-state index in [0.717, 1.165) is 4.31 Å². The van der Waals surface area contributed by atoms with Crippen molar-refractivity contribution in [3.8, 4) is 0 Å². The third-order valence-electron chi connectivity index (χ3n) is 2.99. The lowest BCUT2D eigenvalue weighted by Crippen LogP contribution is -2.36. The van der Waals surface area contributed by atoms with Gasteiger partial charge in [0.2, 0.25) is 10.0 Å². The number of hydrogen-bond acceptors (Lipinski definition) is 4. The fourth-order valence-electron chi connectivity index (χ4n) is 1.85. The van der Waals surface area contributed by atoms with E-state index in [1.807, 2.05) is 6.92 Å². The number of sulfonamides is 1. The Hall–Kier alpha value is -1.93. The fraction of sp³-hybridized carbons (Fsp3) is 0.429. The van der Waals surface area contributed by atoms with Gasteiger partial charge in [-0.2, -0.15) is 0 Å². The third-order valence-corrected chi connectivity index (χ3v) is 4.82. The second-order valence-corrected chi connectivity index (χ2v) is 7.08. The number of hydrogen-bond donors (Lipinski definition) is 1. The summed E-state index contributed by atoms with van der Waals surface area (Å²) in [6.07, 6.45) is 0.631. The highest BCUT2D eigenvalue weighted by Crippen LogP contribution is 2.15. The summed E-state index contributed by atoms with van der Waals surface area (Å²) in [5, 5.41) is 8.84. The van der Waals surface area contributed by atoms with E-state index < -0.39 is 21.9 Å². The molecule has 0 fully saturated rings. The van der Waals surface area contributed by atoms with Gasteiger partial charge in [-0.15, -0.1) is 0 Å². The summed E-state index contributed by atoms with van der Waals surface area (Å²) in [7, 11) is -0.713. The fourth-order valence-corrected chi connectivity index (χ4v) is 2.75. The van der Waals surface area contributed by atoms with Crippen molar-refractivity contribution in [2.24, 2.45) is 0 Å². The number of carboxylic acids is 1. The molecule has 0 heterocycles. The summed E-state index contributed by atoms with van der Waals surface area (Å²) in [5.41, 5.74) is 0.257. The number of amides is 1. The average molecular weight is 328 g/mol. The Morgan fingerprint density at radius 1 is 1.14 bits per heavy atom. The first-order chi connectivity index (χ1) is 10.2. The Morgan fingerprint density at radius 3 is 2.09 bits per heavy atom. The normalized spacial score (nSPS) is 11.5. The van der Waals surface area contributed by atoms with Gasteiger partial charge in [0.15, 0.2) is 0 Å². The predicted octanol–water partition coefficient (Wildman–Crippen LogP) is 0.874. The highest BCUT2D eigenvalue weighted by Gasteiger charge is 2.20. The lowest BCUT2D eigenvalue weighted by molar-refractivity contribution is -0.137. The quantitative estimate of drug-likeness (QED) is 0.801. The topological polar surface area (TPSA) is 95.0 Å². The zero-order valence-corrected chi connectivity index (χ0v) is 13.6. The van der Waals surface area contributed by atoms with Crippen LogP contribution in [0.4, 0.5) is 0 Å². The molecule has 0 radical (unpaired) electrons. The number of aliphatic carboxylic acids is 1. The monoisotopic (exact) mass is 328 g/mol. The minimum absolute atomic E-state index is 0.0781. The van der Waals surface area contributed by atoms with Gasteiger partial charge in [-0.1, -0.05) is 6.92 Å². The van der Waals surface area contributed by atoms with Crippen molar-refractivity contribution in [2.75, 3.05) is 27.2 Å². The highest BCUT2D eigenvalue weighted by atomic mass is 32.2. The summed E-state index contributed by atoms with van der Waals surface area (Å²) in [6.45, 7) is 1.78. The van der Waals surface area contributed by atoms with E-state index in [4.69, 9.17) is 5.11 Å². The van der Waals surface area contributed by atoms with Crippen LogP contribution in [-0.4, -0.2) is 61.8 Å². The van der Waals surface area contributed by atoms with Gasteiger partial charge < -0.3 is 10.0 Å². The van der Waals surface area contributed by atoms with Crippen LogP contribution in [0.1, 0.15) is 23.7 Å². The molecular formula is C14H20N2O5S. The Bertz CT molecular complexity index is 638. The van der Waals surface area contributed by atoms with Gasteiger partial charge in [-0.25, -0.2) is 12.7 Å². The van der Waals surface area contributed by atoms with Gasteiger partial charge >= 0.3 is 5.97 Å². The summed E-state index contributed by atoms with van der Waals surface area (Å²) in [5.74, 6) is -1.52. The molecule has 0 aliphatic rings. The Morgan fingerprint density at radius 2 is 1.68 bits per heavy atom. The molecule has 0 atom stereocenters. The van der Waals surface area contributed by atoms with Crippen molar-refractivity contribution in [1.29, 1.82) is 0 Å². The van der Waals surface area contributed by atoms with E-state index in [2.05, 4.69) is 0 Å². The molecule has 1 N–H and O–H groups in total. The first-order valence-corrected chi connectivity index (χ1v) is 8.17. The van der Waals surface area contributed by atoms with Gasteiger partial charge in [0.25, 0.3) is 5.91 Å². The molecule has 0 aliphatic carbocycles. The smallest absolute Gasteiger partial charge is 0.323 e. The van der Waals surface area contributed by atoms with Crippen LogP contribution >= 0.6 is 0 Å². The molecule has 0 saturated heterocycles. The van der Waals surface area contributed by atoms with Crippen LogP contribution in [0.15, 0.2) is 29.2 Å². The number of carbonyl (C=O) groups excluding carboxylic acids is 1. The van der Waals surface area contributed by atoms with E-state index in [9.17, 15) is 18.0 Å². The van der Waals surface area contributed by atoms with Crippen molar-refractivity contribution in [1.82, 2.24) is 9.21 Å². The van der Waals surface area contributed by atoms with Crippen molar-refractivity contribution in [3.63, 3.8) is 0 Å². The van der Waals surface area contributed by atoms with E-state index in [1.165, 1.54) is 43.3 Å². The molecule has 8 heteroatoms. The lowest BCUT2D eigenvalue weighted by atomic mass is 10.2. The molecule has 0 unspecified atom stereocenters. The minimum atomic E-state index is -3.55. The van der Waals surface area contributed by atoms with Crippen LogP contribution in [0.25, 0.3) is 0 Å². The maximum atomic E-state index is 12.3. The van der Waals surface area contributed by atoms with Crippen molar-refractivity contribution >= 4 is 21.9 Å². The predicted molar refractivity (Wildman–Crippen MR) is 81.1 cm³/mol. The first-order valence-electron chi connectivity index (χ1n) is 6.73.